The molecule has 0 aliphatic carbocycles. The molecule has 1 aromatic heterocycles. The van der Waals surface area contributed by atoms with Gasteiger partial charge in [-0.25, -0.2) is 0 Å². The molecule has 20 heavy (non-hydrogen) atoms. The molecule has 0 aliphatic heterocycles. The summed E-state index contributed by atoms with van der Waals surface area (Å²) < 4.78 is 3.38. The standard InChI is InChI=1S/C14H20N5.ClH/c1-4-14-18(15)9-10-19(14)16-11-12-5-7-13(8-6-12)17(2)3;/h5-11H,4,15H2,1-3H3;1H/q+1;/p-1. The summed E-state index contributed by atoms with van der Waals surface area (Å²) in [6.07, 6.45) is 6.31. The van der Waals surface area contributed by atoms with Crippen LogP contribution in [-0.2, 0) is 6.42 Å². The molecule has 0 unspecified atom stereocenters. The second-order valence-electron chi connectivity index (χ2n) is 4.55. The molecule has 2 rings (SSSR count). The van der Waals surface area contributed by atoms with Crippen molar-refractivity contribution in [3.8, 4) is 0 Å². The molecule has 0 radical (unpaired) electrons. The number of halogens is 1. The predicted molar refractivity (Wildman–Crippen MR) is 77.9 cm³/mol. The molecular formula is C14H20ClN5. The van der Waals surface area contributed by atoms with Crippen LogP contribution in [0.25, 0.3) is 0 Å². The van der Waals surface area contributed by atoms with E-state index in [0.29, 0.717) is 0 Å². The summed E-state index contributed by atoms with van der Waals surface area (Å²) in [6.45, 7) is 2.05. The number of benzene rings is 1. The molecule has 0 aliphatic rings. The number of anilines is 1. The van der Waals surface area contributed by atoms with Gasteiger partial charge in [-0.2, -0.15) is 0 Å². The Bertz CT molecular complexity index is 572. The van der Waals surface area contributed by atoms with E-state index in [1.165, 1.54) is 5.69 Å². The van der Waals surface area contributed by atoms with Crippen molar-refractivity contribution in [3.63, 3.8) is 0 Å². The van der Waals surface area contributed by atoms with Crippen molar-refractivity contribution < 1.29 is 17.1 Å². The van der Waals surface area contributed by atoms with Gasteiger partial charge in [-0.1, -0.05) is 24.2 Å². The Balaban J connectivity index is 0.00000200. The molecule has 0 spiro atoms. The molecule has 0 saturated heterocycles. The van der Waals surface area contributed by atoms with E-state index in [4.69, 9.17) is 5.84 Å². The predicted octanol–water partition coefficient (Wildman–Crippen LogP) is -2.00. The van der Waals surface area contributed by atoms with Gasteiger partial charge < -0.3 is 17.3 Å². The molecule has 1 aromatic carbocycles. The lowest BCUT2D eigenvalue weighted by molar-refractivity contribution is -0.646. The number of nitrogens with two attached hydrogens (primary N) is 1. The fourth-order valence-electron chi connectivity index (χ4n) is 1.86. The van der Waals surface area contributed by atoms with Crippen LogP contribution in [0.15, 0.2) is 41.8 Å². The fraction of sp³-hybridized carbons (Fsp3) is 0.286. The third-order valence-electron chi connectivity index (χ3n) is 2.99. The van der Waals surface area contributed by atoms with Crippen molar-refractivity contribution in [2.24, 2.45) is 5.10 Å². The van der Waals surface area contributed by atoms with Crippen LogP contribution in [0.4, 0.5) is 5.69 Å². The number of nitrogens with zero attached hydrogens (tertiary/aromatic N) is 4. The van der Waals surface area contributed by atoms with E-state index in [2.05, 4.69) is 29.1 Å². The van der Waals surface area contributed by atoms with Gasteiger partial charge >= 0.3 is 5.82 Å². The van der Waals surface area contributed by atoms with Crippen molar-refractivity contribution in [2.45, 2.75) is 13.3 Å². The van der Waals surface area contributed by atoms with Gasteiger partial charge in [0.25, 0.3) is 0 Å². The Morgan fingerprint density at radius 1 is 1.30 bits per heavy atom. The second-order valence-corrected chi connectivity index (χ2v) is 4.55. The Labute approximate surface area is 125 Å². The Hall–Kier alpha value is -2.01. The maximum absolute atomic E-state index is 5.79. The number of aromatic nitrogens is 2. The third-order valence-corrected chi connectivity index (χ3v) is 2.99. The molecule has 108 valence electrons. The highest BCUT2D eigenvalue weighted by atomic mass is 35.5. The largest absolute Gasteiger partial charge is 1.00 e. The van der Waals surface area contributed by atoms with Crippen LogP contribution in [-0.4, -0.2) is 25.0 Å². The van der Waals surface area contributed by atoms with Crippen molar-refractivity contribution in [1.82, 2.24) is 4.68 Å². The highest BCUT2D eigenvalue weighted by molar-refractivity contribution is 5.80. The van der Waals surface area contributed by atoms with E-state index in [1.807, 2.05) is 38.6 Å². The minimum Gasteiger partial charge on any atom is -1.00 e. The lowest BCUT2D eigenvalue weighted by atomic mass is 10.2. The topological polar surface area (TPSA) is 50.4 Å². The van der Waals surface area contributed by atoms with Gasteiger partial charge in [-0.3, -0.25) is 5.84 Å². The molecule has 0 fully saturated rings. The molecule has 2 N–H and O–H groups in total. The zero-order valence-corrected chi connectivity index (χ0v) is 12.7. The van der Waals surface area contributed by atoms with Crippen molar-refractivity contribution in [1.29, 1.82) is 0 Å². The van der Waals surface area contributed by atoms with Crippen LogP contribution < -0.4 is 27.8 Å². The summed E-state index contributed by atoms with van der Waals surface area (Å²) in [5.74, 6) is 6.75. The summed E-state index contributed by atoms with van der Waals surface area (Å²) in [6, 6.07) is 8.23. The molecule has 0 amide bonds. The quantitative estimate of drug-likeness (QED) is 0.403. The van der Waals surface area contributed by atoms with E-state index >= 15 is 0 Å². The zero-order valence-electron chi connectivity index (χ0n) is 12.0. The zero-order chi connectivity index (χ0) is 13.8. The molecule has 0 bridgehead atoms. The van der Waals surface area contributed by atoms with Crippen LogP contribution >= 0.6 is 0 Å². The Morgan fingerprint density at radius 2 is 1.95 bits per heavy atom. The summed E-state index contributed by atoms with van der Waals surface area (Å²) in [5, 5.41) is 4.42. The Kier molecular flexibility index (Phi) is 5.58. The van der Waals surface area contributed by atoms with Gasteiger partial charge in [-0.15, -0.1) is 9.35 Å². The number of hydrogen-bond donors (Lipinski definition) is 1. The number of imidazole rings is 1. The van der Waals surface area contributed by atoms with Crippen LogP contribution in [0.2, 0.25) is 0 Å². The Morgan fingerprint density at radius 3 is 2.50 bits per heavy atom. The lowest BCUT2D eigenvalue weighted by Gasteiger charge is -2.11. The van der Waals surface area contributed by atoms with Gasteiger partial charge in [0.05, 0.1) is 12.6 Å². The molecule has 2 aromatic rings. The first-order chi connectivity index (χ1) is 9.11. The van der Waals surface area contributed by atoms with Crippen LogP contribution in [0, 0.1) is 0 Å². The molecular weight excluding hydrogens is 274 g/mol. The summed E-state index contributed by atoms with van der Waals surface area (Å²) in [7, 11) is 4.05. The molecule has 5 nitrogen and oxygen atoms in total. The first-order valence-corrected chi connectivity index (χ1v) is 6.30. The van der Waals surface area contributed by atoms with Gasteiger partial charge in [0.2, 0.25) is 0 Å². The van der Waals surface area contributed by atoms with Crippen LogP contribution in [0.3, 0.4) is 0 Å². The lowest BCUT2D eigenvalue weighted by Crippen LogP contribution is -3.00. The third kappa shape index (κ3) is 3.51. The van der Waals surface area contributed by atoms with Crippen molar-refractivity contribution in [3.05, 3.63) is 48.0 Å². The number of rotatable bonds is 4. The van der Waals surface area contributed by atoms with Gasteiger partial charge in [0.1, 0.15) is 0 Å². The van der Waals surface area contributed by atoms with Crippen molar-refractivity contribution >= 4 is 11.9 Å². The van der Waals surface area contributed by atoms with E-state index in [-0.39, 0.29) is 12.4 Å². The molecule has 0 atom stereocenters. The SMILES string of the molecule is CCc1n(N=Cc2ccc(N(C)C)cc2)cc[n+]1N.[Cl-]. The highest BCUT2D eigenvalue weighted by Crippen LogP contribution is 2.11. The molecule has 6 heteroatoms. The fourth-order valence-corrected chi connectivity index (χ4v) is 1.86. The number of hydrogen-bond acceptors (Lipinski definition) is 3. The average Bonchev–Trinajstić information content (AvgIpc) is 2.77. The average molecular weight is 294 g/mol. The van der Waals surface area contributed by atoms with Gasteiger partial charge in [0, 0.05) is 19.8 Å². The second kappa shape index (κ2) is 6.96. The number of nitrogen functional groups attached to an aromatic ring is 1. The maximum atomic E-state index is 5.79. The molecule has 1 heterocycles. The van der Waals surface area contributed by atoms with Gasteiger partial charge in [-0.05, 0) is 17.7 Å². The summed E-state index contributed by atoms with van der Waals surface area (Å²) >= 11 is 0. The first-order valence-electron chi connectivity index (χ1n) is 6.30. The normalized spacial score (nSPS) is 10.6. The highest BCUT2D eigenvalue weighted by Gasteiger charge is 2.11. The van der Waals surface area contributed by atoms with Crippen molar-refractivity contribution in [2.75, 3.05) is 24.8 Å². The summed E-state index contributed by atoms with van der Waals surface area (Å²) in [5.41, 5.74) is 2.23. The van der Waals surface area contributed by atoms with E-state index in [1.54, 1.807) is 15.5 Å². The maximum Gasteiger partial charge on any atom is 0.304 e. The van der Waals surface area contributed by atoms with Crippen LogP contribution in [0.1, 0.15) is 18.3 Å². The summed E-state index contributed by atoms with van der Waals surface area (Å²) in [4.78, 5) is 2.07. The smallest absolute Gasteiger partial charge is 0.304 e. The molecule has 0 saturated carbocycles. The van der Waals surface area contributed by atoms with E-state index in [0.717, 1.165) is 17.8 Å². The minimum atomic E-state index is 0. The monoisotopic (exact) mass is 293 g/mol. The minimum absolute atomic E-state index is 0. The van der Waals surface area contributed by atoms with Gasteiger partial charge in [0.15, 0.2) is 12.4 Å². The van der Waals surface area contributed by atoms with E-state index < -0.39 is 0 Å². The van der Waals surface area contributed by atoms with Crippen LogP contribution in [0.5, 0.6) is 0 Å². The van der Waals surface area contributed by atoms with E-state index in [9.17, 15) is 0 Å². The first kappa shape index (κ1) is 16.0.